The van der Waals surface area contributed by atoms with E-state index in [0.717, 1.165) is 11.8 Å². The van der Waals surface area contributed by atoms with Gasteiger partial charge in [0, 0.05) is 6.04 Å². The number of aliphatic hydroxyl groups excluding tert-OH is 1. The molecule has 1 heterocycles. The van der Waals surface area contributed by atoms with Crippen molar-refractivity contribution in [3.8, 4) is 0 Å². The average molecular weight is 125 g/mol. The van der Waals surface area contributed by atoms with Crippen LogP contribution in [-0.4, -0.2) is 23.8 Å². The molecule has 0 aromatic rings. The standard InChI is InChI=1S/C7H11NO/c9-7-4-1-3-2-8-6(7)5(3)4/h3-9H,1-2H2/t3-,4?,5+,6+,7+/m1/s1. The molecule has 3 fully saturated rings. The monoisotopic (exact) mass is 125 g/mol. The maximum Gasteiger partial charge on any atom is 0.0727 e. The minimum absolute atomic E-state index is 0.00810. The van der Waals surface area contributed by atoms with Crippen molar-refractivity contribution in [1.82, 2.24) is 5.32 Å². The summed E-state index contributed by atoms with van der Waals surface area (Å²) in [4.78, 5) is 0. The molecule has 9 heavy (non-hydrogen) atoms. The van der Waals surface area contributed by atoms with Crippen molar-refractivity contribution in [3.63, 3.8) is 0 Å². The minimum atomic E-state index is 0.00810. The van der Waals surface area contributed by atoms with Crippen LogP contribution in [0.4, 0.5) is 0 Å². The molecule has 1 unspecified atom stereocenters. The van der Waals surface area contributed by atoms with Crippen molar-refractivity contribution in [2.45, 2.75) is 18.6 Å². The summed E-state index contributed by atoms with van der Waals surface area (Å²) in [5, 5.41) is 12.7. The quantitative estimate of drug-likeness (QED) is 0.461. The smallest absolute Gasteiger partial charge is 0.0727 e. The lowest BCUT2D eigenvalue weighted by molar-refractivity contribution is -0.129. The van der Waals surface area contributed by atoms with Crippen LogP contribution in [0.5, 0.6) is 0 Å². The Kier molecular flexibility index (Phi) is 0.616. The Hall–Kier alpha value is -0.0800. The van der Waals surface area contributed by atoms with E-state index in [1.54, 1.807) is 0 Å². The normalized spacial score (nSPS) is 68.3. The van der Waals surface area contributed by atoms with Gasteiger partial charge in [0.15, 0.2) is 0 Å². The van der Waals surface area contributed by atoms with Gasteiger partial charge in [-0.3, -0.25) is 0 Å². The third-order valence-corrected chi connectivity index (χ3v) is 3.45. The van der Waals surface area contributed by atoms with Crippen LogP contribution in [0.25, 0.3) is 0 Å². The SMILES string of the molecule is O[C@H]1C2C[C@@H]3CN[C@H]1[C@H]23. The van der Waals surface area contributed by atoms with Gasteiger partial charge in [0.1, 0.15) is 0 Å². The zero-order valence-corrected chi connectivity index (χ0v) is 5.25. The van der Waals surface area contributed by atoms with E-state index in [-0.39, 0.29) is 6.10 Å². The number of nitrogens with one attached hydrogen (secondary N) is 1. The van der Waals surface area contributed by atoms with Crippen LogP contribution in [0, 0.1) is 17.8 Å². The zero-order valence-electron chi connectivity index (χ0n) is 5.25. The molecular weight excluding hydrogens is 114 g/mol. The third-order valence-electron chi connectivity index (χ3n) is 3.45. The molecule has 1 saturated heterocycles. The van der Waals surface area contributed by atoms with E-state index < -0.39 is 0 Å². The van der Waals surface area contributed by atoms with Crippen molar-refractivity contribution in [2.24, 2.45) is 17.8 Å². The summed E-state index contributed by atoms with van der Waals surface area (Å²) in [6, 6.07) is 0.494. The molecule has 0 aromatic heterocycles. The third kappa shape index (κ3) is 0.332. The first kappa shape index (κ1) is 4.69. The fourth-order valence-electron chi connectivity index (χ4n) is 2.86. The van der Waals surface area contributed by atoms with Gasteiger partial charge in [-0.2, -0.15) is 0 Å². The molecule has 2 N–H and O–H groups in total. The summed E-state index contributed by atoms with van der Waals surface area (Å²) in [7, 11) is 0. The molecule has 0 amide bonds. The molecule has 0 radical (unpaired) electrons. The van der Waals surface area contributed by atoms with Crippen LogP contribution >= 0.6 is 0 Å². The molecule has 3 rings (SSSR count). The van der Waals surface area contributed by atoms with Crippen LogP contribution in [0.2, 0.25) is 0 Å². The second kappa shape index (κ2) is 1.18. The first-order chi connectivity index (χ1) is 4.38. The minimum Gasteiger partial charge on any atom is -0.391 e. The van der Waals surface area contributed by atoms with E-state index in [1.807, 2.05) is 0 Å². The second-order valence-electron chi connectivity index (χ2n) is 3.66. The Morgan fingerprint density at radius 1 is 1.44 bits per heavy atom. The largest absolute Gasteiger partial charge is 0.391 e. The molecule has 0 aromatic carbocycles. The highest BCUT2D eigenvalue weighted by atomic mass is 16.3. The number of aliphatic hydroxyl groups is 1. The van der Waals surface area contributed by atoms with Gasteiger partial charge in [-0.05, 0) is 30.7 Å². The van der Waals surface area contributed by atoms with Crippen LogP contribution in [-0.2, 0) is 0 Å². The van der Waals surface area contributed by atoms with E-state index in [4.69, 9.17) is 0 Å². The maximum atomic E-state index is 9.36. The van der Waals surface area contributed by atoms with E-state index >= 15 is 0 Å². The Bertz CT molecular complexity index is 155. The summed E-state index contributed by atoms with van der Waals surface area (Å²) >= 11 is 0. The number of hydrogen-bond donors (Lipinski definition) is 2. The first-order valence-electron chi connectivity index (χ1n) is 3.79. The van der Waals surface area contributed by atoms with E-state index in [2.05, 4.69) is 5.32 Å². The molecule has 0 spiro atoms. The lowest BCUT2D eigenvalue weighted by Gasteiger charge is -2.55. The van der Waals surface area contributed by atoms with Crippen molar-refractivity contribution < 1.29 is 5.11 Å². The fraction of sp³-hybridized carbons (Fsp3) is 1.00. The lowest BCUT2D eigenvalue weighted by atomic mass is 9.51. The molecule has 3 aliphatic rings. The summed E-state index contributed by atoms with van der Waals surface area (Å²) < 4.78 is 0. The molecule has 50 valence electrons. The van der Waals surface area contributed by atoms with Crippen molar-refractivity contribution >= 4 is 0 Å². The summed E-state index contributed by atoms with van der Waals surface area (Å²) in [5.74, 6) is 2.50. The molecule has 2 aliphatic carbocycles. The highest BCUT2D eigenvalue weighted by Crippen LogP contribution is 2.57. The van der Waals surface area contributed by atoms with Gasteiger partial charge in [-0.1, -0.05) is 0 Å². The van der Waals surface area contributed by atoms with Crippen LogP contribution < -0.4 is 5.32 Å². The maximum absolute atomic E-state index is 9.36. The van der Waals surface area contributed by atoms with Crippen molar-refractivity contribution in [2.75, 3.05) is 6.54 Å². The van der Waals surface area contributed by atoms with Gasteiger partial charge in [-0.15, -0.1) is 0 Å². The average Bonchev–Trinajstić information content (AvgIpc) is 1.93. The Balaban J connectivity index is 1.93. The number of rotatable bonds is 0. The van der Waals surface area contributed by atoms with Gasteiger partial charge >= 0.3 is 0 Å². The van der Waals surface area contributed by atoms with Gasteiger partial charge in [0.25, 0.3) is 0 Å². The molecule has 0 bridgehead atoms. The van der Waals surface area contributed by atoms with Crippen LogP contribution in [0.1, 0.15) is 6.42 Å². The van der Waals surface area contributed by atoms with Crippen LogP contribution in [0.3, 0.4) is 0 Å². The Labute approximate surface area is 54.3 Å². The molecule has 2 nitrogen and oxygen atoms in total. The first-order valence-corrected chi connectivity index (χ1v) is 3.79. The topological polar surface area (TPSA) is 32.3 Å². The van der Waals surface area contributed by atoms with Crippen LogP contribution in [0.15, 0.2) is 0 Å². The van der Waals surface area contributed by atoms with Crippen molar-refractivity contribution in [1.29, 1.82) is 0 Å². The van der Waals surface area contributed by atoms with Gasteiger partial charge in [0.2, 0.25) is 0 Å². The second-order valence-corrected chi connectivity index (χ2v) is 3.66. The molecule has 2 saturated carbocycles. The fourth-order valence-corrected chi connectivity index (χ4v) is 2.86. The highest BCUT2D eigenvalue weighted by Gasteiger charge is 2.63. The van der Waals surface area contributed by atoms with Gasteiger partial charge in [-0.25, -0.2) is 0 Å². The predicted molar refractivity (Wildman–Crippen MR) is 32.9 cm³/mol. The lowest BCUT2D eigenvalue weighted by Crippen LogP contribution is -2.63. The van der Waals surface area contributed by atoms with Gasteiger partial charge < -0.3 is 10.4 Å². The van der Waals surface area contributed by atoms with Crippen molar-refractivity contribution in [3.05, 3.63) is 0 Å². The summed E-state index contributed by atoms with van der Waals surface area (Å²) in [6.07, 6.45) is 1.30. The molecular formula is C7H11NO. The molecule has 5 atom stereocenters. The molecule has 1 aliphatic heterocycles. The highest BCUT2D eigenvalue weighted by molar-refractivity contribution is 5.16. The summed E-state index contributed by atoms with van der Waals surface area (Å²) in [6.45, 7) is 1.17. The van der Waals surface area contributed by atoms with Gasteiger partial charge in [0.05, 0.1) is 6.10 Å². The molecule has 2 heteroatoms. The Morgan fingerprint density at radius 3 is 3.11 bits per heavy atom. The van der Waals surface area contributed by atoms with E-state index in [0.29, 0.717) is 12.0 Å². The van der Waals surface area contributed by atoms with E-state index in [1.165, 1.54) is 13.0 Å². The van der Waals surface area contributed by atoms with E-state index in [9.17, 15) is 5.11 Å². The summed E-state index contributed by atoms with van der Waals surface area (Å²) in [5.41, 5.74) is 0. The number of hydrogen-bond acceptors (Lipinski definition) is 2. The zero-order chi connectivity index (χ0) is 6.01. The Morgan fingerprint density at radius 2 is 2.33 bits per heavy atom. The predicted octanol–water partition coefficient (Wildman–Crippen LogP) is -0.415.